The number of hydrogen-bond donors (Lipinski definition) is 2. The van der Waals surface area contributed by atoms with Crippen LogP contribution in [0, 0.1) is 5.92 Å². The van der Waals surface area contributed by atoms with Crippen LogP contribution in [0.5, 0.6) is 0 Å². The summed E-state index contributed by atoms with van der Waals surface area (Å²) in [6, 6.07) is 9.06. The summed E-state index contributed by atoms with van der Waals surface area (Å²) in [5, 5.41) is 17.0. The number of piperidine rings is 1. The van der Waals surface area contributed by atoms with E-state index in [1.165, 1.54) is 6.08 Å². The van der Waals surface area contributed by atoms with E-state index in [4.69, 9.17) is 0 Å². The van der Waals surface area contributed by atoms with Crippen LogP contribution in [0.3, 0.4) is 0 Å². The summed E-state index contributed by atoms with van der Waals surface area (Å²) in [6.07, 6.45) is 2.56. The fourth-order valence-corrected chi connectivity index (χ4v) is 2.99. The lowest BCUT2D eigenvalue weighted by atomic mass is 9.95. The summed E-state index contributed by atoms with van der Waals surface area (Å²) in [5.74, 6) is 0.114. The van der Waals surface area contributed by atoms with Crippen molar-refractivity contribution < 1.29 is 9.59 Å². The molecule has 0 spiro atoms. The molecular formula is C17H20N6O2. The van der Waals surface area contributed by atoms with Gasteiger partial charge in [0.25, 0.3) is 0 Å². The fourth-order valence-electron chi connectivity index (χ4n) is 2.99. The van der Waals surface area contributed by atoms with Gasteiger partial charge in [-0.3, -0.25) is 9.59 Å². The molecule has 0 radical (unpaired) electrons. The Labute approximate surface area is 145 Å². The minimum atomic E-state index is -0.458. The van der Waals surface area contributed by atoms with E-state index in [0.717, 1.165) is 5.56 Å². The second-order valence-corrected chi connectivity index (χ2v) is 5.93. The van der Waals surface area contributed by atoms with Gasteiger partial charge in [-0.2, -0.15) is 5.21 Å². The number of carbonyl (C=O) groups excluding carboxylic acids is 2. The minimum absolute atomic E-state index is 0.0654. The largest absolute Gasteiger partial charge is 0.342 e. The molecule has 2 amide bonds. The standard InChI is InChI=1S/C17H20N6O2/c1-2-14(24)23-10-8-13(9-11-23)17(25)18-15(16-19-21-22-20-16)12-6-4-3-5-7-12/h2-7,13,15H,1,8-11H2,(H,18,25)(H,19,20,21,22). The molecule has 8 heteroatoms. The van der Waals surface area contributed by atoms with E-state index in [1.54, 1.807) is 4.90 Å². The molecule has 130 valence electrons. The van der Waals surface area contributed by atoms with Crippen molar-refractivity contribution in [2.24, 2.45) is 5.92 Å². The van der Waals surface area contributed by atoms with Crippen LogP contribution < -0.4 is 5.32 Å². The number of H-pyrrole nitrogens is 1. The first-order chi connectivity index (χ1) is 12.2. The lowest BCUT2D eigenvalue weighted by molar-refractivity contribution is -0.132. The van der Waals surface area contributed by atoms with Crippen LogP contribution in [0.4, 0.5) is 0 Å². The SMILES string of the molecule is C=CC(=O)N1CCC(C(=O)NC(c2ccccc2)c2nn[nH]n2)CC1. The fraction of sp³-hybridized carbons (Fsp3) is 0.353. The van der Waals surface area contributed by atoms with Gasteiger partial charge in [-0.25, -0.2) is 0 Å². The molecule has 0 aliphatic carbocycles. The first-order valence-corrected chi connectivity index (χ1v) is 8.19. The number of nitrogens with zero attached hydrogens (tertiary/aromatic N) is 4. The molecule has 3 rings (SSSR count). The third-order valence-electron chi connectivity index (χ3n) is 4.39. The first kappa shape index (κ1) is 16.8. The van der Waals surface area contributed by atoms with E-state index < -0.39 is 6.04 Å². The maximum Gasteiger partial charge on any atom is 0.245 e. The average Bonchev–Trinajstić information content (AvgIpc) is 3.20. The Balaban J connectivity index is 1.68. The maximum atomic E-state index is 12.7. The normalized spacial score (nSPS) is 16.2. The van der Waals surface area contributed by atoms with Gasteiger partial charge in [-0.1, -0.05) is 42.1 Å². The molecular weight excluding hydrogens is 320 g/mol. The van der Waals surface area contributed by atoms with Gasteiger partial charge in [0.1, 0.15) is 6.04 Å². The van der Waals surface area contributed by atoms with Crippen LogP contribution in [0.2, 0.25) is 0 Å². The molecule has 1 saturated heterocycles. The highest BCUT2D eigenvalue weighted by atomic mass is 16.2. The molecule has 2 aromatic rings. The smallest absolute Gasteiger partial charge is 0.245 e. The molecule has 0 bridgehead atoms. The van der Waals surface area contributed by atoms with Crippen molar-refractivity contribution in [1.82, 2.24) is 30.8 Å². The topological polar surface area (TPSA) is 104 Å². The predicted molar refractivity (Wildman–Crippen MR) is 90.1 cm³/mol. The summed E-state index contributed by atoms with van der Waals surface area (Å²) >= 11 is 0. The highest BCUT2D eigenvalue weighted by Crippen LogP contribution is 2.22. The highest BCUT2D eigenvalue weighted by Gasteiger charge is 2.29. The van der Waals surface area contributed by atoms with Crippen LogP contribution in [0.1, 0.15) is 30.3 Å². The molecule has 0 saturated carbocycles. The van der Waals surface area contributed by atoms with Gasteiger partial charge in [-0.15, -0.1) is 10.2 Å². The molecule has 1 aromatic heterocycles. The van der Waals surface area contributed by atoms with Crippen LogP contribution in [0.15, 0.2) is 43.0 Å². The van der Waals surface area contributed by atoms with Gasteiger partial charge in [0.2, 0.25) is 17.6 Å². The van der Waals surface area contributed by atoms with Crippen LogP contribution in [0.25, 0.3) is 0 Å². The van der Waals surface area contributed by atoms with Gasteiger partial charge in [0, 0.05) is 19.0 Å². The summed E-state index contributed by atoms with van der Waals surface area (Å²) in [4.78, 5) is 26.1. The van der Waals surface area contributed by atoms with Gasteiger partial charge in [0.05, 0.1) is 0 Å². The number of hydrogen-bond acceptors (Lipinski definition) is 5. The zero-order chi connectivity index (χ0) is 17.6. The number of benzene rings is 1. The highest BCUT2D eigenvalue weighted by molar-refractivity contribution is 5.87. The molecule has 1 aromatic carbocycles. The molecule has 2 N–H and O–H groups in total. The van der Waals surface area contributed by atoms with Gasteiger partial charge < -0.3 is 10.2 Å². The number of aromatic amines is 1. The maximum absolute atomic E-state index is 12.7. The molecule has 1 fully saturated rings. The summed E-state index contributed by atoms with van der Waals surface area (Å²) in [6.45, 7) is 4.61. The number of likely N-dealkylation sites (tertiary alicyclic amines) is 1. The van der Waals surface area contributed by atoms with Crippen molar-refractivity contribution in [1.29, 1.82) is 0 Å². The van der Waals surface area contributed by atoms with Crippen LogP contribution in [-0.4, -0.2) is 50.4 Å². The third kappa shape index (κ3) is 3.90. The van der Waals surface area contributed by atoms with Gasteiger partial charge >= 0.3 is 0 Å². The Morgan fingerprint density at radius 3 is 2.60 bits per heavy atom. The lowest BCUT2D eigenvalue weighted by Gasteiger charge is -2.31. The van der Waals surface area contributed by atoms with E-state index in [9.17, 15) is 9.59 Å². The van der Waals surface area contributed by atoms with E-state index in [0.29, 0.717) is 31.8 Å². The Bertz CT molecular complexity index is 723. The van der Waals surface area contributed by atoms with Crippen molar-refractivity contribution in [2.75, 3.05) is 13.1 Å². The summed E-state index contributed by atoms with van der Waals surface area (Å²) < 4.78 is 0. The molecule has 1 unspecified atom stereocenters. The quantitative estimate of drug-likeness (QED) is 0.785. The Hall–Kier alpha value is -3.03. The second kappa shape index (κ2) is 7.69. The van der Waals surface area contributed by atoms with E-state index >= 15 is 0 Å². The molecule has 25 heavy (non-hydrogen) atoms. The average molecular weight is 340 g/mol. The van der Waals surface area contributed by atoms with E-state index in [-0.39, 0.29) is 17.7 Å². The number of amides is 2. The van der Waals surface area contributed by atoms with Crippen molar-refractivity contribution in [3.8, 4) is 0 Å². The number of rotatable bonds is 5. The van der Waals surface area contributed by atoms with Crippen LogP contribution in [-0.2, 0) is 9.59 Å². The van der Waals surface area contributed by atoms with E-state index in [1.807, 2.05) is 30.3 Å². The van der Waals surface area contributed by atoms with Crippen molar-refractivity contribution in [3.63, 3.8) is 0 Å². The summed E-state index contributed by atoms with van der Waals surface area (Å²) in [7, 11) is 0. The summed E-state index contributed by atoms with van der Waals surface area (Å²) in [5.41, 5.74) is 0.886. The Morgan fingerprint density at radius 2 is 2.00 bits per heavy atom. The number of carbonyl (C=O) groups is 2. The minimum Gasteiger partial charge on any atom is -0.342 e. The molecule has 1 aliphatic rings. The lowest BCUT2D eigenvalue weighted by Crippen LogP contribution is -2.43. The van der Waals surface area contributed by atoms with Crippen molar-refractivity contribution >= 4 is 11.8 Å². The molecule has 1 aliphatic heterocycles. The molecule has 8 nitrogen and oxygen atoms in total. The predicted octanol–water partition coefficient (Wildman–Crippen LogP) is 0.830. The zero-order valence-electron chi connectivity index (χ0n) is 13.8. The molecule has 2 heterocycles. The molecule has 1 atom stereocenters. The van der Waals surface area contributed by atoms with Gasteiger partial charge in [-0.05, 0) is 24.5 Å². The number of tetrazole rings is 1. The number of nitrogens with one attached hydrogen (secondary N) is 2. The van der Waals surface area contributed by atoms with Gasteiger partial charge in [0.15, 0.2) is 0 Å². The van der Waals surface area contributed by atoms with Crippen molar-refractivity contribution in [3.05, 3.63) is 54.4 Å². The Kier molecular flexibility index (Phi) is 5.17. The zero-order valence-corrected chi connectivity index (χ0v) is 13.8. The monoisotopic (exact) mass is 340 g/mol. The number of aromatic nitrogens is 4. The van der Waals surface area contributed by atoms with Crippen molar-refractivity contribution in [2.45, 2.75) is 18.9 Å². The van der Waals surface area contributed by atoms with Crippen LogP contribution >= 0.6 is 0 Å². The third-order valence-corrected chi connectivity index (χ3v) is 4.39. The first-order valence-electron chi connectivity index (χ1n) is 8.19. The Morgan fingerprint density at radius 1 is 1.28 bits per heavy atom. The van der Waals surface area contributed by atoms with E-state index in [2.05, 4.69) is 32.5 Å². The second-order valence-electron chi connectivity index (χ2n) is 5.93.